The van der Waals surface area contributed by atoms with Crippen molar-refractivity contribution in [1.82, 2.24) is 29.9 Å². The normalized spacial score (nSPS) is 21.3. The lowest BCUT2D eigenvalue weighted by atomic mass is 9.78. The van der Waals surface area contributed by atoms with Crippen LogP contribution in [0.5, 0.6) is 0 Å². The van der Waals surface area contributed by atoms with Crippen molar-refractivity contribution < 1.29 is 9.90 Å². The van der Waals surface area contributed by atoms with Crippen molar-refractivity contribution >= 4 is 34.6 Å². The van der Waals surface area contributed by atoms with E-state index in [0.717, 1.165) is 62.6 Å². The Morgan fingerprint density at radius 3 is 2.71 bits per heavy atom. The van der Waals surface area contributed by atoms with Crippen LogP contribution < -0.4 is 5.43 Å². The molecule has 0 spiro atoms. The molecule has 0 saturated carbocycles. The number of hydrazone groups is 1. The summed E-state index contributed by atoms with van der Waals surface area (Å²) in [5.41, 5.74) is 9.23. The molecule has 1 amide bonds. The fourth-order valence-corrected chi connectivity index (χ4v) is 6.69. The van der Waals surface area contributed by atoms with Gasteiger partial charge in [-0.25, -0.2) is 0 Å². The molecule has 214 valence electrons. The Bertz CT molecular complexity index is 1630. The van der Waals surface area contributed by atoms with Gasteiger partial charge in [0.1, 0.15) is 0 Å². The van der Waals surface area contributed by atoms with Crippen molar-refractivity contribution in [3.63, 3.8) is 0 Å². The molecule has 2 aromatic heterocycles. The molecule has 10 heteroatoms. The van der Waals surface area contributed by atoms with E-state index in [1.165, 1.54) is 6.08 Å². The van der Waals surface area contributed by atoms with E-state index in [9.17, 15) is 9.90 Å². The Kier molecular flexibility index (Phi) is 6.90. The number of carbonyl (C=O) groups excluding carboxylic acids is 1. The predicted molar refractivity (Wildman–Crippen MR) is 162 cm³/mol. The second-order valence-corrected chi connectivity index (χ2v) is 12.4. The molecule has 1 fully saturated rings. The van der Waals surface area contributed by atoms with Gasteiger partial charge in [-0.05, 0) is 70.4 Å². The molecule has 1 aromatic carbocycles. The van der Waals surface area contributed by atoms with Crippen LogP contribution in [0.3, 0.4) is 0 Å². The summed E-state index contributed by atoms with van der Waals surface area (Å²) in [6.07, 6.45) is 9.00. The Balaban J connectivity index is 1.46. The average molecular weight is 574 g/mol. The minimum Gasteiger partial charge on any atom is -0.389 e. The molecule has 3 aliphatic rings. The second-order valence-electron chi connectivity index (χ2n) is 12.0. The molecule has 9 nitrogen and oxygen atoms in total. The summed E-state index contributed by atoms with van der Waals surface area (Å²) < 4.78 is 3.94. The highest BCUT2D eigenvalue weighted by atomic mass is 35.5. The lowest BCUT2D eigenvalue weighted by molar-refractivity contribution is -0.127. The molecule has 2 aliphatic heterocycles. The number of fused-ring (bicyclic) bond motifs is 2. The summed E-state index contributed by atoms with van der Waals surface area (Å²) in [4.78, 5) is 14.1. The van der Waals surface area contributed by atoms with Crippen LogP contribution >= 0.6 is 11.6 Å². The molecule has 6 rings (SSSR count). The smallest absolute Gasteiger partial charge is 0.245 e. The van der Waals surface area contributed by atoms with Crippen molar-refractivity contribution in [2.75, 3.05) is 13.1 Å². The first-order valence-corrected chi connectivity index (χ1v) is 14.5. The standard InChI is InChI=1S/C31H36ClN7O2/c1-6-26(40)37-11-9-22(10-12-37)39-19(3)27(28-23-15-33-34-25(23)13-18(2)29(28)32)30(36-39)20-7-8-24-21(14-20)16-38(35-24)17-31(4,5)41/h6-8,13-16,22-23,28,34,41H,1,9-12,17H2,2-5H3/t23-,28-/m1/s1. The van der Waals surface area contributed by atoms with Crippen LogP contribution in [-0.4, -0.2) is 60.4 Å². The first kappa shape index (κ1) is 27.5. The van der Waals surface area contributed by atoms with Crippen molar-refractivity contribution in [2.45, 2.75) is 64.6 Å². The van der Waals surface area contributed by atoms with Gasteiger partial charge >= 0.3 is 0 Å². The summed E-state index contributed by atoms with van der Waals surface area (Å²) in [5, 5.41) is 26.4. The van der Waals surface area contributed by atoms with Crippen molar-refractivity contribution in [2.24, 2.45) is 11.0 Å². The topological polar surface area (TPSA) is 101 Å². The van der Waals surface area contributed by atoms with Crippen LogP contribution in [0.1, 0.15) is 56.8 Å². The number of likely N-dealkylation sites (tertiary alicyclic amines) is 1. The van der Waals surface area contributed by atoms with E-state index < -0.39 is 5.60 Å². The van der Waals surface area contributed by atoms with E-state index in [2.05, 4.69) is 52.0 Å². The van der Waals surface area contributed by atoms with E-state index in [1.807, 2.05) is 30.3 Å². The third-order valence-electron chi connectivity index (χ3n) is 8.35. The number of carbonyl (C=O) groups is 1. The summed E-state index contributed by atoms with van der Waals surface area (Å²) in [5.74, 6) is -0.163. The number of nitrogens with zero attached hydrogens (tertiary/aromatic N) is 6. The molecule has 0 unspecified atom stereocenters. The van der Waals surface area contributed by atoms with E-state index in [-0.39, 0.29) is 23.8 Å². The molecular weight excluding hydrogens is 538 g/mol. The average Bonchev–Trinajstić information content (AvgIpc) is 3.64. The van der Waals surface area contributed by atoms with Gasteiger partial charge in [-0.2, -0.15) is 15.3 Å². The van der Waals surface area contributed by atoms with E-state index >= 15 is 0 Å². The highest BCUT2D eigenvalue weighted by Crippen LogP contribution is 2.48. The molecule has 2 N–H and O–H groups in total. The molecule has 2 atom stereocenters. The lowest BCUT2D eigenvalue weighted by Gasteiger charge is -2.32. The minimum atomic E-state index is -0.871. The van der Waals surface area contributed by atoms with Gasteiger partial charge in [-0.15, -0.1) is 0 Å². The maximum atomic E-state index is 12.2. The van der Waals surface area contributed by atoms with Gasteiger partial charge in [0.25, 0.3) is 0 Å². The van der Waals surface area contributed by atoms with E-state index in [4.69, 9.17) is 16.7 Å². The Labute approximate surface area is 244 Å². The number of piperidine rings is 1. The van der Waals surface area contributed by atoms with Gasteiger partial charge in [0.2, 0.25) is 5.91 Å². The molecular formula is C31H36ClN7O2. The summed E-state index contributed by atoms with van der Waals surface area (Å²) in [7, 11) is 0. The van der Waals surface area contributed by atoms with Crippen molar-refractivity contribution in [1.29, 1.82) is 0 Å². The third-order valence-corrected chi connectivity index (χ3v) is 8.88. The number of hydrogen-bond acceptors (Lipinski definition) is 6. The van der Waals surface area contributed by atoms with Crippen LogP contribution in [0.25, 0.3) is 22.2 Å². The van der Waals surface area contributed by atoms with Gasteiger partial charge in [-0.1, -0.05) is 24.2 Å². The van der Waals surface area contributed by atoms with Crippen LogP contribution in [-0.2, 0) is 11.3 Å². The fraction of sp³-hybridized carbons (Fsp3) is 0.419. The molecule has 1 aliphatic carbocycles. The molecule has 0 radical (unpaired) electrons. The van der Waals surface area contributed by atoms with Crippen LogP contribution in [0, 0.1) is 12.8 Å². The van der Waals surface area contributed by atoms with Gasteiger partial charge in [0.15, 0.2) is 0 Å². The minimum absolute atomic E-state index is 0.00775. The number of benzene rings is 1. The highest BCUT2D eigenvalue weighted by Gasteiger charge is 2.39. The maximum absolute atomic E-state index is 12.2. The van der Waals surface area contributed by atoms with Gasteiger partial charge in [0, 0.05) is 70.3 Å². The lowest BCUT2D eigenvalue weighted by Crippen LogP contribution is -2.38. The highest BCUT2D eigenvalue weighted by molar-refractivity contribution is 6.31. The summed E-state index contributed by atoms with van der Waals surface area (Å²) in [6.45, 7) is 13.1. The second kappa shape index (κ2) is 10.3. The SMILES string of the molecule is C=CC(=O)N1CCC(n2nc(-c3ccc4nn(CC(C)(C)O)cc4c3)c([C@@H]3C(Cl)=C(C)C=C4NN=C[C@H]43)c2C)CC1. The van der Waals surface area contributed by atoms with Crippen LogP contribution in [0.15, 0.2) is 64.5 Å². The van der Waals surface area contributed by atoms with Crippen LogP contribution in [0.2, 0.25) is 0 Å². The number of aliphatic hydroxyl groups is 1. The van der Waals surface area contributed by atoms with E-state index in [1.54, 1.807) is 18.5 Å². The molecule has 4 heterocycles. The van der Waals surface area contributed by atoms with Gasteiger partial charge in [0.05, 0.1) is 29.4 Å². The molecule has 0 bridgehead atoms. The van der Waals surface area contributed by atoms with Gasteiger partial charge < -0.3 is 10.0 Å². The van der Waals surface area contributed by atoms with E-state index in [0.29, 0.717) is 19.6 Å². The Morgan fingerprint density at radius 1 is 1.24 bits per heavy atom. The number of aromatic nitrogens is 4. The molecule has 1 saturated heterocycles. The number of nitrogens with one attached hydrogen (secondary N) is 1. The van der Waals surface area contributed by atoms with Gasteiger partial charge in [-0.3, -0.25) is 19.6 Å². The fourth-order valence-electron chi connectivity index (χ4n) is 6.39. The number of amides is 1. The zero-order chi connectivity index (χ0) is 29.1. The summed E-state index contributed by atoms with van der Waals surface area (Å²) in [6, 6.07) is 6.36. The predicted octanol–water partition coefficient (Wildman–Crippen LogP) is 5.03. The Hall–Kier alpha value is -3.69. The number of hydrogen-bond donors (Lipinski definition) is 2. The first-order chi connectivity index (χ1) is 19.5. The first-order valence-electron chi connectivity index (χ1n) is 14.1. The quantitative estimate of drug-likeness (QED) is 0.403. The maximum Gasteiger partial charge on any atom is 0.245 e. The zero-order valence-electron chi connectivity index (χ0n) is 23.9. The van der Waals surface area contributed by atoms with Crippen LogP contribution in [0.4, 0.5) is 0 Å². The Morgan fingerprint density at radius 2 is 2.00 bits per heavy atom. The van der Waals surface area contributed by atoms with Crippen molar-refractivity contribution in [3.8, 4) is 11.3 Å². The zero-order valence-corrected chi connectivity index (χ0v) is 24.7. The monoisotopic (exact) mass is 573 g/mol. The van der Waals surface area contributed by atoms with Crippen molar-refractivity contribution in [3.05, 3.63) is 70.7 Å². The third kappa shape index (κ3) is 5.02. The largest absolute Gasteiger partial charge is 0.389 e. The molecule has 3 aromatic rings. The molecule has 41 heavy (non-hydrogen) atoms. The number of rotatable bonds is 6. The number of halogens is 1. The number of allylic oxidation sites excluding steroid dienone is 4. The summed E-state index contributed by atoms with van der Waals surface area (Å²) >= 11 is 7.11.